The summed E-state index contributed by atoms with van der Waals surface area (Å²) in [5, 5.41) is 2.52. The second-order valence-electron chi connectivity index (χ2n) is 16.0. The molecule has 0 fully saturated rings. The average Bonchev–Trinajstić information content (AvgIpc) is 3.55. The SMILES string of the molecule is c1ccc(-c2ccc(-c3ccc(N(c4ccccc4)c4ccc5c(c4)-c4ccccc4-c4ccccc4C54c5ccccc5-c5cc6ccccc6cc54)cc3)cc2)cc1. The molecule has 0 radical (unpaired) electrons. The molecule has 0 saturated carbocycles. The van der Waals surface area contributed by atoms with Gasteiger partial charge < -0.3 is 4.90 Å². The lowest BCUT2D eigenvalue weighted by molar-refractivity contribution is 0.776. The van der Waals surface area contributed by atoms with Crippen LogP contribution in [0.3, 0.4) is 0 Å². The number of anilines is 3. The van der Waals surface area contributed by atoms with E-state index in [2.05, 4.69) is 241 Å². The number of para-hydroxylation sites is 1. The first-order valence-electron chi connectivity index (χ1n) is 20.8. The fraction of sp³-hybridized carbons (Fsp3) is 0.0169. The van der Waals surface area contributed by atoms with Crippen LogP contribution >= 0.6 is 0 Å². The molecule has 10 aromatic carbocycles. The normalized spacial score (nSPS) is 14.4. The Bertz CT molecular complexity index is 3240. The van der Waals surface area contributed by atoms with E-state index >= 15 is 0 Å². The molecule has 0 amide bonds. The predicted octanol–water partition coefficient (Wildman–Crippen LogP) is 15.7. The zero-order valence-electron chi connectivity index (χ0n) is 33.0. The maximum Gasteiger partial charge on any atom is 0.0725 e. The van der Waals surface area contributed by atoms with Gasteiger partial charge >= 0.3 is 0 Å². The van der Waals surface area contributed by atoms with Crippen molar-refractivity contribution in [1.82, 2.24) is 0 Å². The van der Waals surface area contributed by atoms with Crippen molar-refractivity contribution in [3.05, 3.63) is 259 Å². The molecule has 1 heteroatoms. The van der Waals surface area contributed by atoms with Crippen molar-refractivity contribution < 1.29 is 0 Å². The van der Waals surface area contributed by atoms with Gasteiger partial charge in [-0.25, -0.2) is 0 Å². The zero-order valence-corrected chi connectivity index (χ0v) is 33.0. The third-order valence-electron chi connectivity index (χ3n) is 12.9. The predicted molar refractivity (Wildman–Crippen MR) is 251 cm³/mol. The summed E-state index contributed by atoms with van der Waals surface area (Å²) in [6, 6.07) is 87.5. The molecule has 12 rings (SSSR count). The highest BCUT2D eigenvalue weighted by molar-refractivity contribution is 6.01. The van der Waals surface area contributed by atoms with Crippen molar-refractivity contribution in [1.29, 1.82) is 0 Å². The van der Waals surface area contributed by atoms with E-state index in [1.165, 1.54) is 88.7 Å². The summed E-state index contributed by atoms with van der Waals surface area (Å²) in [5.41, 5.74) is 20.5. The van der Waals surface area contributed by atoms with Crippen molar-refractivity contribution in [2.75, 3.05) is 4.90 Å². The summed E-state index contributed by atoms with van der Waals surface area (Å²) in [4.78, 5) is 2.40. The van der Waals surface area contributed by atoms with Gasteiger partial charge in [0.15, 0.2) is 0 Å². The first kappa shape index (κ1) is 34.3. The summed E-state index contributed by atoms with van der Waals surface area (Å²) >= 11 is 0. The van der Waals surface area contributed by atoms with E-state index in [0.29, 0.717) is 0 Å². The second-order valence-corrected chi connectivity index (χ2v) is 16.0. The quantitative estimate of drug-likeness (QED) is 0.169. The largest absolute Gasteiger partial charge is 0.310 e. The zero-order chi connectivity index (χ0) is 39.6. The molecule has 0 N–H and O–H groups in total. The van der Waals surface area contributed by atoms with Gasteiger partial charge in [0.25, 0.3) is 0 Å². The summed E-state index contributed by atoms with van der Waals surface area (Å²) in [6.45, 7) is 0. The number of fused-ring (bicyclic) bond motifs is 13. The Morgan fingerprint density at radius 3 is 1.27 bits per heavy atom. The van der Waals surface area contributed by atoms with Crippen molar-refractivity contribution in [3.8, 4) is 55.6 Å². The number of hydrogen-bond acceptors (Lipinski definition) is 1. The molecule has 0 aromatic heterocycles. The first-order valence-corrected chi connectivity index (χ1v) is 20.8. The van der Waals surface area contributed by atoms with Crippen LogP contribution in [0, 0.1) is 0 Å². The van der Waals surface area contributed by atoms with Crippen LogP contribution < -0.4 is 4.90 Å². The first-order chi connectivity index (χ1) is 29.8. The van der Waals surface area contributed by atoms with Crippen molar-refractivity contribution in [3.63, 3.8) is 0 Å². The van der Waals surface area contributed by atoms with Gasteiger partial charge in [0.2, 0.25) is 0 Å². The van der Waals surface area contributed by atoms with Crippen molar-refractivity contribution >= 4 is 27.8 Å². The van der Waals surface area contributed by atoms with Crippen molar-refractivity contribution in [2.45, 2.75) is 5.41 Å². The average molecular weight is 762 g/mol. The Labute approximate surface area is 351 Å². The van der Waals surface area contributed by atoms with E-state index < -0.39 is 5.41 Å². The van der Waals surface area contributed by atoms with E-state index in [4.69, 9.17) is 0 Å². The Hall–Kier alpha value is -7.74. The minimum Gasteiger partial charge on any atom is -0.310 e. The lowest BCUT2D eigenvalue weighted by Gasteiger charge is -2.36. The molecule has 0 aliphatic heterocycles. The van der Waals surface area contributed by atoms with Gasteiger partial charge in [0.05, 0.1) is 5.41 Å². The molecule has 1 unspecified atom stereocenters. The summed E-state index contributed by atoms with van der Waals surface area (Å²) in [6.07, 6.45) is 0. The fourth-order valence-corrected chi connectivity index (χ4v) is 10.2. The fourth-order valence-electron chi connectivity index (χ4n) is 10.2. The van der Waals surface area contributed by atoms with Crippen LogP contribution in [0.15, 0.2) is 237 Å². The number of rotatable bonds is 5. The molecule has 2 aliphatic carbocycles. The lowest BCUT2D eigenvalue weighted by atomic mass is 9.65. The molecule has 10 aromatic rings. The third-order valence-corrected chi connectivity index (χ3v) is 12.9. The van der Waals surface area contributed by atoms with Crippen LogP contribution in [0.25, 0.3) is 66.4 Å². The Morgan fingerprint density at radius 1 is 0.233 bits per heavy atom. The van der Waals surface area contributed by atoms with Gasteiger partial charge in [-0.3, -0.25) is 0 Å². The maximum atomic E-state index is 2.47. The van der Waals surface area contributed by atoms with Gasteiger partial charge in [-0.05, 0) is 137 Å². The molecule has 0 heterocycles. The van der Waals surface area contributed by atoms with Gasteiger partial charge in [-0.15, -0.1) is 0 Å². The minimum absolute atomic E-state index is 0.547. The Kier molecular flexibility index (Phi) is 7.83. The topological polar surface area (TPSA) is 3.24 Å². The van der Waals surface area contributed by atoms with Crippen LogP contribution in [-0.2, 0) is 5.41 Å². The summed E-state index contributed by atoms with van der Waals surface area (Å²) in [5.74, 6) is 0. The monoisotopic (exact) mass is 761 g/mol. The summed E-state index contributed by atoms with van der Waals surface area (Å²) in [7, 11) is 0. The van der Waals surface area contributed by atoms with Crippen LogP contribution in [0.5, 0.6) is 0 Å². The highest BCUT2D eigenvalue weighted by Gasteiger charge is 2.50. The molecule has 1 atom stereocenters. The molecule has 0 saturated heterocycles. The van der Waals surface area contributed by atoms with Gasteiger partial charge in [0, 0.05) is 17.1 Å². The van der Waals surface area contributed by atoms with Gasteiger partial charge in [-0.1, -0.05) is 188 Å². The number of hydrogen-bond donors (Lipinski definition) is 0. The number of nitrogens with zero attached hydrogens (tertiary/aromatic N) is 1. The minimum atomic E-state index is -0.547. The highest BCUT2D eigenvalue weighted by atomic mass is 15.1. The molecule has 0 bridgehead atoms. The molecular formula is C59H39N. The van der Waals surface area contributed by atoms with Gasteiger partial charge in [-0.2, -0.15) is 0 Å². The summed E-state index contributed by atoms with van der Waals surface area (Å²) < 4.78 is 0. The molecular weight excluding hydrogens is 723 g/mol. The van der Waals surface area contributed by atoms with Crippen LogP contribution in [0.4, 0.5) is 17.1 Å². The van der Waals surface area contributed by atoms with E-state index in [9.17, 15) is 0 Å². The maximum absolute atomic E-state index is 2.47. The molecule has 1 nitrogen and oxygen atoms in total. The van der Waals surface area contributed by atoms with Crippen LogP contribution in [0.1, 0.15) is 22.3 Å². The molecule has 280 valence electrons. The van der Waals surface area contributed by atoms with Crippen LogP contribution in [-0.4, -0.2) is 0 Å². The number of benzene rings is 10. The van der Waals surface area contributed by atoms with E-state index in [1.807, 2.05) is 0 Å². The Balaban J connectivity index is 1.07. The highest BCUT2D eigenvalue weighted by Crippen LogP contribution is 2.62. The Morgan fingerprint density at radius 2 is 0.633 bits per heavy atom. The van der Waals surface area contributed by atoms with Gasteiger partial charge in [0.1, 0.15) is 0 Å². The van der Waals surface area contributed by atoms with Crippen molar-refractivity contribution in [2.24, 2.45) is 0 Å². The standard InChI is InChI=1S/C59H39N/c1-3-15-40(16-4-1)41-27-29-42(30-28-41)43-31-33-47(34-32-43)60(46-19-5-2-6-20-46)48-35-36-57-54(39-48)50-22-10-9-21-49(50)51-23-11-13-25-55(51)59(57)56-26-14-12-24-52(56)53-37-44-17-7-8-18-45(44)38-58(53)59/h1-39H. The van der Waals surface area contributed by atoms with E-state index in [-0.39, 0.29) is 0 Å². The van der Waals surface area contributed by atoms with E-state index in [1.54, 1.807) is 0 Å². The second kappa shape index (κ2) is 13.7. The molecule has 60 heavy (non-hydrogen) atoms. The smallest absolute Gasteiger partial charge is 0.0725 e. The van der Waals surface area contributed by atoms with Crippen LogP contribution in [0.2, 0.25) is 0 Å². The van der Waals surface area contributed by atoms with E-state index in [0.717, 1.165) is 17.1 Å². The lowest BCUT2D eigenvalue weighted by Crippen LogP contribution is -2.29. The third kappa shape index (κ3) is 5.19. The molecule has 2 aliphatic rings. The molecule has 1 spiro atoms.